The van der Waals surface area contributed by atoms with E-state index in [1.165, 1.54) is 18.6 Å². The molecule has 2 radical (unpaired) electrons. The molecule has 0 aliphatic rings. The molecular weight excluding hydrogens is 1250 g/mol. The van der Waals surface area contributed by atoms with Crippen LogP contribution in [0.2, 0.25) is 0 Å². The summed E-state index contributed by atoms with van der Waals surface area (Å²) in [5.41, 5.74) is 17.6. The fourth-order valence-corrected chi connectivity index (χ4v) is 5.51. The number of carbonyl (C=O) groups is 2. The van der Waals surface area contributed by atoms with Crippen molar-refractivity contribution < 1.29 is 120 Å². The molecular formula is C52H80Cl4Co3N6O14. The van der Waals surface area contributed by atoms with Gasteiger partial charge in [0.15, 0.2) is 12.6 Å². The van der Waals surface area contributed by atoms with Crippen LogP contribution in [0, 0.1) is 20.8 Å². The fraction of sp³-hybridized carbons (Fsp3) is 0.192. The van der Waals surface area contributed by atoms with Gasteiger partial charge in [0.25, 0.3) is 0 Å². The number of aliphatic hydroxyl groups excluding tert-OH is 1. The van der Waals surface area contributed by atoms with Gasteiger partial charge >= 0.3 is 33.2 Å². The smallest absolute Gasteiger partial charge is 0 e. The Kier molecular flexibility index (Phi) is 80.7. The number of aldehydes is 2. The maximum absolute atomic E-state index is 10.9. The predicted molar refractivity (Wildman–Crippen MR) is 320 cm³/mol. The monoisotopic (exact) mass is 1330 g/mol. The molecule has 0 saturated carbocycles. The van der Waals surface area contributed by atoms with E-state index in [2.05, 4.69) is 55.5 Å². The third kappa shape index (κ3) is 36.5. The Balaban J connectivity index is -0.0000000780. The number of aryl methyl sites for hydroxylation is 3. The van der Waals surface area contributed by atoms with Gasteiger partial charge < -0.3 is 75.7 Å². The number of hydrogen-bond donors (Lipinski definition) is 6. The molecule has 457 valence electrons. The van der Waals surface area contributed by atoms with Crippen LogP contribution in [-0.4, -0.2) is 104 Å². The second kappa shape index (κ2) is 60.3. The summed E-state index contributed by atoms with van der Waals surface area (Å²) in [6, 6.07) is 32.7. The maximum Gasteiger partial charge on any atom is 0 e. The predicted octanol–water partition coefficient (Wildman–Crippen LogP) is 7.98. The molecule has 0 unspecified atom stereocenters. The number of benzene rings is 6. The molecule has 0 amide bonds. The number of aromatic hydroxyl groups is 3. The molecule has 24 N–H and O–H groups in total. The summed E-state index contributed by atoms with van der Waals surface area (Å²) in [5.74, 6) is -0.0660. The maximum atomic E-state index is 10.9. The van der Waals surface area contributed by atoms with E-state index >= 15 is 0 Å². The van der Waals surface area contributed by atoms with Crippen LogP contribution in [0.15, 0.2) is 134 Å². The Morgan fingerprint density at radius 1 is 0.456 bits per heavy atom. The molecule has 79 heavy (non-hydrogen) atoms. The van der Waals surface area contributed by atoms with Crippen LogP contribution < -0.4 is 11.5 Å². The van der Waals surface area contributed by atoms with Gasteiger partial charge in [-0.25, -0.2) is 0 Å². The van der Waals surface area contributed by atoms with Crippen LogP contribution in [0.3, 0.4) is 0 Å². The minimum atomic E-state index is -0.245. The summed E-state index contributed by atoms with van der Waals surface area (Å²) < 4.78 is 0. The van der Waals surface area contributed by atoms with E-state index in [1.807, 2.05) is 98.8 Å². The van der Waals surface area contributed by atoms with E-state index in [4.69, 9.17) is 36.9 Å². The normalized spacial score (nSPS) is 7.89. The van der Waals surface area contributed by atoms with Gasteiger partial charge in [-0.2, -0.15) is 0 Å². The van der Waals surface area contributed by atoms with Gasteiger partial charge in [-0.1, -0.05) is 78.9 Å². The van der Waals surface area contributed by atoms with E-state index in [1.54, 1.807) is 43.8 Å². The third-order valence-electron chi connectivity index (χ3n) is 8.32. The number of anilines is 2. The Bertz CT molecular complexity index is 2550. The van der Waals surface area contributed by atoms with Crippen molar-refractivity contribution in [3.8, 4) is 17.2 Å². The molecule has 7 rings (SSSR count). The van der Waals surface area contributed by atoms with Gasteiger partial charge in [-0.05, 0) is 110 Å². The zero-order valence-corrected chi connectivity index (χ0v) is 47.8. The molecule has 0 spiro atoms. The summed E-state index contributed by atoms with van der Waals surface area (Å²) in [6.45, 7) is 9.91. The van der Waals surface area contributed by atoms with Crippen molar-refractivity contribution in [3.63, 3.8) is 0 Å². The quantitative estimate of drug-likeness (QED) is 0.0708. The van der Waals surface area contributed by atoms with Gasteiger partial charge in [0.2, 0.25) is 0 Å². The third-order valence-corrected chi connectivity index (χ3v) is 8.32. The van der Waals surface area contributed by atoms with Crippen molar-refractivity contribution in [2.75, 3.05) is 18.6 Å². The summed E-state index contributed by atoms with van der Waals surface area (Å²) in [7, 11) is 18.7. The Morgan fingerprint density at radius 3 is 0.835 bits per heavy atom. The molecule has 0 atom stereocenters. The van der Waals surface area contributed by atoms with Gasteiger partial charge in [0.05, 0.1) is 44.6 Å². The summed E-state index contributed by atoms with van der Waals surface area (Å²) in [4.78, 5) is 39.2. The zero-order chi connectivity index (χ0) is 49.6. The van der Waals surface area contributed by atoms with Crippen molar-refractivity contribution in [2.45, 2.75) is 63.3 Å². The standard InChI is InChI=1S/C30H24N4O2.C9H8O3.C6H8N2.C3H8.CH4O.3CH4.Cl2.2ClH.3Co.8H2O/c1-19-11-21-15-31-25-7-3-5-9-27(25)33-17-23-13-20(2)14-24(30(23)36)18-34-28-10-6-4-8-26(28)32-16-22(12-19)29(21)35;1-6-2-7(4-10)9(12)8(3-6)5-11;7-5-3-1-2-4-6(5)8;1-3-2;1-2;;;;1-2;;;;;;;;;;;;;/h3-18,35-36H,1-2H3;2-5,12H,1H3;1-4H,7-8H2;3H2,1-2H3;2H,1H3;3*1H4;;2*1H;;;;8*1H2/q;;;;;;;;;;;;;+2;;;;;;;;/p-2. The van der Waals surface area contributed by atoms with E-state index in [9.17, 15) is 24.9 Å². The SMILES string of the molecule is C.C.C.CCC.CO.Cc1cc(C=O)c(O)c(C=O)c1.Cc1cc2cnc3ccccc3ncc3cc(C)cc(cnc4ccccc4ncc(c1)c2O)c3O.ClCl.Nc1ccccc1N.O.O.O.O.O.O.O.O.[Cl][Co][Cl].[Co].[Co]. The fourth-order valence-electron chi connectivity index (χ4n) is 5.51. The number of aliphatic hydroxyl groups is 1. The number of hydrogen-bond acceptors (Lipinski definition) is 12. The van der Waals surface area contributed by atoms with Gasteiger partial charge in [-0.3, -0.25) is 29.5 Å². The molecule has 1 heterocycles. The number of phenolic OH excluding ortho intramolecular Hbond substituents is 3. The Morgan fingerprint density at radius 2 is 0.646 bits per heavy atom. The molecule has 0 aliphatic heterocycles. The molecule has 4 bridgehead atoms. The van der Waals surface area contributed by atoms with Crippen LogP contribution in [-0.2, 0) is 46.5 Å². The average molecular weight is 1330 g/mol. The molecule has 0 saturated heterocycles. The molecule has 20 nitrogen and oxygen atoms in total. The number of rotatable bonds is 2. The van der Waals surface area contributed by atoms with Crippen LogP contribution in [0.1, 0.15) is 80.0 Å². The Hall–Kier alpha value is -5.34. The van der Waals surface area contributed by atoms with Crippen LogP contribution in [0.4, 0.5) is 11.4 Å². The van der Waals surface area contributed by atoms with Crippen LogP contribution in [0.25, 0.3) is 43.6 Å². The summed E-state index contributed by atoms with van der Waals surface area (Å²) in [6.07, 6.45) is 8.79. The van der Waals surface area contributed by atoms with Crippen molar-refractivity contribution in [1.29, 1.82) is 0 Å². The zero-order valence-electron chi connectivity index (χ0n) is 41.6. The topological polar surface area (TPSA) is 471 Å². The average Bonchev–Trinajstić information content (AvgIpc) is 3.32. The number of phenols is 3. The number of nitrogens with zero attached hydrogens (tertiary/aromatic N) is 4. The first kappa shape index (κ1) is 106. The van der Waals surface area contributed by atoms with E-state index in [-0.39, 0.29) is 128 Å². The number of fused-ring (bicyclic) bond motifs is 6. The second-order valence-electron chi connectivity index (χ2n) is 13.5. The van der Waals surface area contributed by atoms with Crippen LogP contribution in [0.5, 0.6) is 17.2 Å². The van der Waals surface area contributed by atoms with Crippen molar-refractivity contribution in [1.82, 2.24) is 19.9 Å². The molecule has 1 aromatic heterocycles. The molecule has 6 aromatic carbocycles. The van der Waals surface area contributed by atoms with Gasteiger partial charge in [0, 0.05) is 109 Å². The molecule has 27 heteroatoms. The first-order valence-electron chi connectivity index (χ1n) is 19.6. The van der Waals surface area contributed by atoms with E-state index in [0.29, 0.717) is 80.5 Å². The summed E-state index contributed by atoms with van der Waals surface area (Å²) >= 11 is 0.382. The number of halogens is 4. The van der Waals surface area contributed by atoms with E-state index in [0.717, 1.165) is 23.8 Å². The first-order chi connectivity index (χ1) is 31.8. The molecule has 0 aliphatic carbocycles. The molecule has 0 fully saturated rings. The number of nitrogen functional groups attached to an aromatic ring is 2. The second-order valence-corrected chi connectivity index (χ2v) is 15.2. The first-order valence-corrected chi connectivity index (χ1v) is 23.6. The number of carbonyl (C=O) groups excluding carboxylic acids is 2. The van der Waals surface area contributed by atoms with Crippen molar-refractivity contribution in [2.24, 2.45) is 0 Å². The number of nitrogens with two attached hydrogens (primary N) is 2. The number of aromatic nitrogens is 4. The largest absolute Gasteiger partial charge is 0 e. The number of para-hydroxylation sites is 6. The van der Waals surface area contributed by atoms with Gasteiger partial charge in [0.1, 0.15) is 17.2 Å². The minimum Gasteiger partial charge on any atom is 0 e. The van der Waals surface area contributed by atoms with Crippen LogP contribution >= 0.6 is 42.0 Å². The Labute approximate surface area is 507 Å². The van der Waals surface area contributed by atoms with Crippen molar-refractivity contribution in [3.05, 3.63) is 162 Å². The molecule has 7 aromatic rings. The van der Waals surface area contributed by atoms with E-state index < -0.39 is 0 Å². The van der Waals surface area contributed by atoms with Crippen molar-refractivity contribution >= 4 is 110 Å². The van der Waals surface area contributed by atoms with Gasteiger partial charge in [-0.15, -0.1) is 0 Å². The summed E-state index contributed by atoms with van der Waals surface area (Å²) in [5, 5.41) is 40.4. The minimum absolute atomic E-state index is 0.